The van der Waals surface area contributed by atoms with Crippen molar-refractivity contribution in [2.45, 2.75) is 19.0 Å². The second-order valence-electron chi connectivity index (χ2n) is 6.11. The highest BCUT2D eigenvalue weighted by Crippen LogP contribution is 2.19. The van der Waals surface area contributed by atoms with Gasteiger partial charge < -0.3 is 10.2 Å². The number of nitrogens with zero attached hydrogens (tertiary/aromatic N) is 4. The van der Waals surface area contributed by atoms with Gasteiger partial charge in [0.05, 0.1) is 0 Å². The monoisotopic (exact) mass is 315 g/mol. The van der Waals surface area contributed by atoms with Gasteiger partial charge in [0, 0.05) is 51.4 Å². The molecule has 1 aromatic carbocycles. The predicted molar refractivity (Wildman–Crippen MR) is 90.1 cm³/mol. The summed E-state index contributed by atoms with van der Waals surface area (Å²) in [5, 5.41) is 3.45. The van der Waals surface area contributed by atoms with Crippen molar-refractivity contribution in [2.24, 2.45) is 0 Å². The molecule has 1 aliphatic rings. The van der Waals surface area contributed by atoms with Crippen LogP contribution in [0.25, 0.3) is 0 Å². The Hall–Kier alpha value is -2.21. The van der Waals surface area contributed by atoms with E-state index in [2.05, 4.69) is 20.2 Å². The van der Waals surface area contributed by atoms with Crippen LogP contribution in [0.4, 0.5) is 16.0 Å². The Morgan fingerprint density at radius 3 is 2.91 bits per heavy atom. The number of nitrogens with one attached hydrogen (secondary N) is 1. The van der Waals surface area contributed by atoms with Crippen LogP contribution in [-0.2, 0) is 6.54 Å². The number of halogens is 1. The molecule has 1 aliphatic heterocycles. The summed E-state index contributed by atoms with van der Waals surface area (Å²) >= 11 is 0. The molecule has 5 nitrogen and oxygen atoms in total. The average Bonchev–Trinajstić information content (AvgIpc) is 2.97. The minimum Gasteiger partial charge on any atom is -0.366 e. The molecular formula is C17H22FN5. The van der Waals surface area contributed by atoms with Gasteiger partial charge >= 0.3 is 0 Å². The molecule has 23 heavy (non-hydrogen) atoms. The molecule has 1 fully saturated rings. The normalized spacial score (nSPS) is 18.1. The zero-order chi connectivity index (χ0) is 16.2. The molecular weight excluding hydrogens is 293 g/mol. The van der Waals surface area contributed by atoms with Gasteiger partial charge in [-0.05, 0) is 12.5 Å². The molecule has 0 bridgehead atoms. The Morgan fingerprint density at radius 1 is 1.30 bits per heavy atom. The van der Waals surface area contributed by atoms with E-state index in [4.69, 9.17) is 0 Å². The van der Waals surface area contributed by atoms with E-state index >= 15 is 0 Å². The predicted octanol–water partition coefficient (Wildman–Crippen LogP) is 2.37. The molecule has 1 N–H and O–H groups in total. The zero-order valence-corrected chi connectivity index (χ0v) is 13.5. The van der Waals surface area contributed by atoms with Crippen LogP contribution in [0.2, 0.25) is 0 Å². The molecule has 0 aliphatic carbocycles. The highest BCUT2D eigenvalue weighted by molar-refractivity contribution is 5.48. The van der Waals surface area contributed by atoms with Gasteiger partial charge in [0.1, 0.15) is 23.8 Å². The summed E-state index contributed by atoms with van der Waals surface area (Å²) < 4.78 is 13.7. The largest absolute Gasteiger partial charge is 0.366 e. The first kappa shape index (κ1) is 15.7. The van der Waals surface area contributed by atoms with E-state index in [0.29, 0.717) is 12.6 Å². The number of likely N-dealkylation sites (tertiary alicyclic amines) is 1. The lowest BCUT2D eigenvalue weighted by molar-refractivity contribution is 0.323. The maximum absolute atomic E-state index is 13.7. The van der Waals surface area contributed by atoms with E-state index in [1.54, 1.807) is 12.4 Å². The van der Waals surface area contributed by atoms with Crippen molar-refractivity contribution in [1.29, 1.82) is 0 Å². The molecule has 0 radical (unpaired) electrons. The molecule has 2 heterocycles. The quantitative estimate of drug-likeness (QED) is 0.918. The van der Waals surface area contributed by atoms with Gasteiger partial charge in [0.25, 0.3) is 0 Å². The minimum absolute atomic E-state index is 0.129. The van der Waals surface area contributed by atoms with Crippen molar-refractivity contribution in [2.75, 3.05) is 37.4 Å². The van der Waals surface area contributed by atoms with E-state index in [1.807, 2.05) is 37.2 Å². The Labute approximate surface area is 136 Å². The Balaban J connectivity index is 1.58. The second kappa shape index (κ2) is 6.91. The maximum atomic E-state index is 13.7. The maximum Gasteiger partial charge on any atom is 0.133 e. The molecule has 122 valence electrons. The minimum atomic E-state index is -0.129. The molecule has 1 saturated heterocycles. The fourth-order valence-electron chi connectivity index (χ4n) is 2.84. The van der Waals surface area contributed by atoms with Gasteiger partial charge in [-0.15, -0.1) is 0 Å². The summed E-state index contributed by atoms with van der Waals surface area (Å²) in [6, 6.07) is 9.25. The number of hydrogen-bond donors (Lipinski definition) is 1. The van der Waals surface area contributed by atoms with Crippen molar-refractivity contribution < 1.29 is 4.39 Å². The highest BCUT2D eigenvalue weighted by Gasteiger charge is 2.23. The van der Waals surface area contributed by atoms with E-state index in [1.165, 1.54) is 6.07 Å². The third-order valence-corrected chi connectivity index (χ3v) is 4.09. The first-order valence-electron chi connectivity index (χ1n) is 7.83. The summed E-state index contributed by atoms with van der Waals surface area (Å²) in [6.45, 7) is 2.49. The van der Waals surface area contributed by atoms with Gasteiger partial charge in [-0.1, -0.05) is 18.2 Å². The van der Waals surface area contributed by atoms with Crippen LogP contribution in [0, 0.1) is 5.82 Å². The van der Waals surface area contributed by atoms with Crippen LogP contribution in [0.1, 0.15) is 12.0 Å². The van der Waals surface area contributed by atoms with Crippen molar-refractivity contribution in [3.05, 3.63) is 48.0 Å². The number of anilines is 2. The van der Waals surface area contributed by atoms with Crippen LogP contribution < -0.4 is 10.2 Å². The summed E-state index contributed by atoms with van der Waals surface area (Å²) in [5.74, 6) is 1.58. The number of aromatic nitrogens is 2. The third kappa shape index (κ3) is 3.96. The summed E-state index contributed by atoms with van der Waals surface area (Å²) in [5.41, 5.74) is 0.755. The van der Waals surface area contributed by atoms with Crippen molar-refractivity contribution in [3.8, 4) is 0 Å². The molecule has 3 rings (SSSR count). The molecule has 2 aromatic rings. The lowest BCUT2D eigenvalue weighted by atomic mass is 10.2. The van der Waals surface area contributed by atoms with Crippen LogP contribution in [-0.4, -0.2) is 48.1 Å². The van der Waals surface area contributed by atoms with Crippen molar-refractivity contribution >= 4 is 11.6 Å². The SMILES string of the molecule is CN(C)c1cc(NC2CCN(Cc3ccccc3F)C2)ncn1. The Bertz CT molecular complexity index is 661. The Kier molecular flexibility index (Phi) is 4.71. The average molecular weight is 315 g/mol. The van der Waals surface area contributed by atoms with E-state index in [-0.39, 0.29) is 5.82 Å². The van der Waals surface area contributed by atoms with Gasteiger partial charge in [-0.2, -0.15) is 0 Å². The van der Waals surface area contributed by atoms with Gasteiger partial charge in [0.15, 0.2) is 0 Å². The number of benzene rings is 1. The lowest BCUT2D eigenvalue weighted by Gasteiger charge is -2.18. The molecule has 1 atom stereocenters. The smallest absolute Gasteiger partial charge is 0.133 e. The molecule has 1 aromatic heterocycles. The lowest BCUT2D eigenvalue weighted by Crippen LogP contribution is -2.26. The topological polar surface area (TPSA) is 44.3 Å². The van der Waals surface area contributed by atoms with Gasteiger partial charge in [-0.3, -0.25) is 4.90 Å². The molecule has 1 unspecified atom stereocenters. The highest BCUT2D eigenvalue weighted by atomic mass is 19.1. The summed E-state index contributed by atoms with van der Waals surface area (Å²) in [4.78, 5) is 12.7. The molecule has 0 saturated carbocycles. The molecule has 0 amide bonds. The first-order valence-corrected chi connectivity index (χ1v) is 7.83. The fraction of sp³-hybridized carbons (Fsp3) is 0.412. The van der Waals surface area contributed by atoms with Crippen LogP contribution in [0.5, 0.6) is 0 Å². The van der Waals surface area contributed by atoms with Crippen molar-refractivity contribution in [3.63, 3.8) is 0 Å². The molecule has 0 spiro atoms. The van der Waals surface area contributed by atoms with Gasteiger partial charge in [0.2, 0.25) is 0 Å². The van der Waals surface area contributed by atoms with Crippen LogP contribution in [0.15, 0.2) is 36.7 Å². The van der Waals surface area contributed by atoms with E-state index < -0.39 is 0 Å². The number of rotatable bonds is 5. The third-order valence-electron chi connectivity index (χ3n) is 4.09. The number of hydrogen-bond acceptors (Lipinski definition) is 5. The first-order chi connectivity index (χ1) is 11.1. The van der Waals surface area contributed by atoms with Crippen molar-refractivity contribution in [1.82, 2.24) is 14.9 Å². The van der Waals surface area contributed by atoms with E-state index in [0.717, 1.165) is 36.7 Å². The Morgan fingerprint density at radius 2 is 2.13 bits per heavy atom. The summed E-state index contributed by atoms with van der Waals surface area (Å²) in [7, 11) is 3.91. The standard InChI is InChI=1S/C17H22FN5/c1-22(2)17-9-16(19-12-20-17)21-14-7-8-23(11-14)10-13-5-3-4-6-15(13)18/h3-6,9,12,14H,7-8,10-11H2,1-2H3,(H,19,20,21). The molecule has 6 heteroatoms. The van der Waals surface area contributed by atoms with Crippen LogP contribution in [0.3, 0.4) is 0 Å². The van der Waals surface area contributed by atoms with Gasteiger partial charge in [-0.25, -0.2) is 14.4 Å². The fourth-order valence-corrected chi connectivity index (χ4v) is 2.84. The van der Waals surface area contributed by atoms with Crippen LogP contribution >= 0.6 is 0 Å². The summed E-state index contributed by atoms with van der Waals surface area (Å²) in [6.07, 6.45) is 2.60. The zero-order valence-electron chi connectivity index (χ0n) is 13.5. The van der Waals surface area contributed by atoms with E-state index in [9.17, 15) is 4.39 Å². The second-order valence-corrected chi connectivity index (χ2v) is 6.11.